The second-order valence-electron chi connectivity index (χ2n) is 4.88. The normalized spacial score (nSPS) is 18.3. The monoisotopic (exact) mass is 277 g/mol. The van der Waals surface area contributed by atoms with Gasteiger partial charge in [0, 0.05) is 4.88 Å². The topological polar surface area (TPSA) is 75.1 Å². The fraction of sp³-hybridized carbons (Fsp3) is 0.462. The van der Waals surface area contributed by atoms with Crippen molar-refractivity contribution in [2.24, 2.45) is 0 Å². The number of thiophene rings is 1. The molecular weight excluding hydrogens is 262 g/mol. The summed E-state index contributed by atoms with van der Waals surface area (Å²) in [5.41, 5.74) is 1.32. The average molecular weight is 277 g/mol. The molecule has 3 rings (SSSR count). The van der Waals surface area contributed by atoms with E-state index in [2.05, 4.69) is 22.2 Å². The maximum absolute atomic E-state index is 10.7. The van der Waals surface area contributed by atoms with E-state index in [1.807, 2.05) is 0 Å². The molecule has 1 atom stereocenters. The first-order chi connectivity index (χ1) is 9.16. The molecule has 2 N–H and O–H groups in total. The highest BCUT2D eigenvalue weighted by Crippen LogP contribution is 2.43. The van der Waals surface area contributed by atoms with E-state index >= 15 is 0 Å². The number of hydrogen-bond donors (Lipinski definition) is 2. The Balaban J connectivity index is 2.12. The quantitative estimate of drug-likeness (QED) is 0.902. The molecule has 0 aromatic carbocycles. The lowest BCUT2D eigenvalue weighted by Gasteiger charge is -2.19. The largest absolute Gasteiger partial charge is 0.480 e. The van der Waals surface area contributed by atoms with Gasteiger partial charge in [-0.05, 0) is 30.7 Å². The van der Waals surface area contributed by atoms with Crippen LogP contribution in [0.5, 0.6) is 0 Å². The van der Waals surface area contributed by atoms with E-state index in [0.717, 1.165) is 16.6 Å². The van der Waals surface area contributed by atoms with E-state index < -0.39 is 5.97 Å². The molecule has 0 unspecified atom stereocenters. The summed E-state index contributed by atoms with van der Waals surface area (Å²) in [4.78, 5) is 21.6. The van der Waals surface area contributed by atoms with Gasteiger partial charge in [0.15, 0.2) is 0 Å². The molecule has 2 aromatic heterocycles. The van der Waals surface area contributed by atoms with Crippen molar-refractivity contribution < 1.29 is 9.90 Å². The molecule has 0 amide bonds. The Morgan fingerprint density at radius 2 is 2.42 bits per heavy atom. The lowest BCUT2D eigenvalue weighted by molar-refractivity contribution is -0.134. The van der Waals surface area contributed by atoms with Gasteiger partial charge in [-0.15, -0.1) is 11.3 Å². The lowest BCUT2D eigenvalue weighted by Crippen LogP contribution is -2.14. The van der Waals surface area contributed by atoms with Crippen molar-refractivity contribution in [1.29, 1.82) is 0 Å². The van der Waals surface area contributed by atoms with Crippen molar-refractivity contribution in [3.8, 4) is 0 Å². The Bertz CT molecular complexity index is 638. The third kappa shape index (κ3) is 2.16. The molecule has 0 spiro atoms. The number of aliphatic carboxylic acids is 1. The van der Waals surface area contributed by atoms with Crippen LogP contribution in [0.3, 0.4) is 0 Å². The van der Waals surface area contributed by atoms with Crippen LogP contribution in [-0.4, -0.2) is 27.6 Å². The first-order valence-electron chi connectivity index (χ1n) is 6.38. The van der Waals surface area contributed by atoms with E-state index in [-0.39, 0.29) is 6.54 Å². The van der Waals surface area contributed by atoms with Gasteiger partial charge in [0.05, 0.1) is 5.39 Å². The number of anilines is 1. The fourth-order valence-electron chi connectivity index (χ4n) is 2.71. The van der Waals surface area contributed by atoms with Crippen LogP contribution in [0.25, 0.3) is 10.2 Å². The summed E-state index contributed by atoms with van der Waals surface area (Å²) in [6.45, 7) is 2.10. The Kier molecular flexibility index (Phi) is 3.10. The molecular formula is C13H15N3O2S. The number of carboxylic acids is 1. The maximum Gasteiger partial charge on any atom is 0.322 e. The van der Waals surface area contributed by atoms with Gasteiger partial charge in [0.25, 0.3) is 0 Å². The second kappa shape index (κ2) is 4.77. The number of carbonyl (C=O) groups is 1. The molecule has 1 aliphatic rings. The second-order valence-corrected chi connectivity index (χ2v) is 5.97. The molecule has 6 heteroatoms. The molecule has 0 fully saturated rings. The third-order valence-corrected chi connectivity index (χ3v) is 4.72. The van der Waals surface area contributed by atoms with Crippen molar-refractivity contribution in [1.82, 2.24) is 9.97 Å². The number of nitrogens with one attached hydrogen (secondary N) is 1. The van der Waals surface area contributed by atoms with E-state index in [4.69, 9.17) is 5.11 Å². The SMILES string of the molecule is C[C@H]1CCCc2sc3ncnc(NCC(=O)O)c3c21. The molecule has 0 saturated heterocycles. The molecule has 0 bridgehead atoms. The van der Waals surface area contributed by atoms with Crippen molar-refractivity contribution >= 4 is 33.3 Å². The number of hydrogen-bond acceptors (Lipinski definition) is 5. The van der Waals surface area contributed by atoms with Gasteiger partial charge in [-0.1, -0.05) is 6.92 Å². The van der Waals surface area contributed by atoms with E-state index in [1.165, 1.54) is 29.6 Å². The molecule has 2 heterocycles. The van der Waals surface area contributed by atoms with Gasteiger partial charge < -0.3 is 10.4 Å². The molecule has 2 aromatic rings. The van der Waals surface area contributed by atoms with E-state index in [9.17, 15) is 4.79 Å². The summed E-state index contributed by atoms with van der Waals surface area (Å²) in [5, 5.41) is 12.7. The van der Waals surface area contributed by atoms with Crippen molar-refractivity contribution in [3.05, 3.63) is 16.8 Å². The Hall–Kier alpha value is -1.69. The van der Waals surface area contributed by atoms with Crippen LogP contribution < -0.4 is 5.32 Å². The molecule has 0 radical (unpaired) electrons. The first-order valence-corrected chi connectivity index (χ1v) is 7.20. The smallest absolute Gasteiger partial charge is 0.322 e. The van der Waals surface area contributed by atoms with Crippen LogP contribution in [0.2, 0.25) is 0 Å². The van der Waals surface area contributed by atoms with Gasteiger partial charge in [-0.2, -0.15) is 0 Å². The average Bonchev–Trinajstić information content (AvgIpc) is 2.76. The Morgan fingerprint density at radius 1 is 1.58 bits per heavy atom. The summed E-state index contributed by atoms with van der Waals surface area (Å²) in [5.74, 6) is 0.261. The summed E-state index contributed by atoms with van der Waals surface area (Å²) in [6, 6.07) is 0. The number of fused-ring (bicyclic) bond motifs is 3. The number of carboxylic acid groups (broad SMARTS) is 1. The van der Waals surface area contributed by atoms with Crippen LogP contribution in [0.4, 0.5) is 5.82 Å². The molecule has 1 aliphatic carbocycles. The predicted molar refractivity (Wildman–Crippen MR) is 74.9 cm³/mol. The van der Waals surface area contributed by atoms with Gasteiger partial charge in [0.1, 0.15) is 23.5 Å². The number of aromatic nitrogens is 2. The van der Waals surface area contributed by atoms with Gasteiger partial charge in [-0.3, -0.25) is 4.79 Å². The summed E-state index contributed by atoms with van der Waals surface area (Å²) < 4.78 is 0. The summed E-state index contributed by atoms with van der Waals surface area (Å²) in [6.07, 6.45) is 4.98. The zero-order valence-corrected chi connectivity index (χ0v) is 11.5. The number of nitrogens with zero attached hydrogens (tertiary/aromatic N) is 2. The molecule has 5 nitrogen and oxygen atoms in total. The highest BCUT2D eigenvalue weighted by molar-refractivity contribution is 7.19. The number of rotatable bonds is 3. The Morgan fingerprint density at radius 3 is 3.21 bits per heavy atom. The van der Waals surface area contributed by atoms with Crippen LogP contribution >= 0.6 is 11.3 Å². The van der Waals surface area contributed by atoms with Crippen LogP contribution in [0, 0.1) is 0 Å². The summed E-state index contributed by atoms with van der Waals surface area (Å²) >= 11 is 1.71. The minimum Gasteiger partial charge on any atom is -0.480 e. The first kappa shape index (κ1) is 12.3. The summed E-state index contributed by atoms with van der Waals surface area (Å²) in [7, 11) is 0. The minimum atomic E-state index is -0.885. The maximum atomic E-state index is 10.7. The van der Waals surface area contributed by atoms with E-state index in [0.29, 0.717) is 11.7 Å². The van der Waals surface area contributed by atoms with Crippen LogP contribution in [-0.2, 0) is 11.2 Å². The lowest BCUT2D eigenvalue weighted by atomic mass is 9.87. The zero-order chi connectivity index (χ0) is 13.4. The number of aryl methyl sites for hydroxylation is 1. The van der Waals surface area contributed by atoms with Gasteiger partial charge in [0.2, 0.25) is 0 Å². The standard InChI is InChI=1S/C13H15N3O2S/c1-7-3-2-4-8-10(7)11-12(14-5-9(17)18)15-6-16-13(11)19-8/h6-7H,2-5H2,1H3,(H,17,18)(H,14,15,16)/t7-/m0/s1. The van der Waals surface area contributed by atoms with Gasteiger partial charge >= 0.3 is 5.97 Å². The van der Waals surface area contributed by atoms with E-state index in [1.54, 1.807) is 11.3 Å². The van der Waals surface area contributed by atoms with Crippen LogP contribution in [0.1, 0.15) is 36.1 Å². The third-order valence-electron chi connectivity index (χ3n) is 3.54. The van der Waals surface area contributed by atoms with Crippen LogP contribution in [0.15, 0.2) is 6.33 Å². The fourth-order valence-corrected chi connectivity index (χ4v) is 4.02. The van der Waals surface area contributed by atoms with Gasteiger partial charge in [-0.25, -0.2) is 9.97 Å². The van der Waals surface area contributed by atoms with Crippen molar-refractivity contribution in [3.63, 3.8) is 0 Å². The predicted octanol–water partition coefficient (Wildman–Crippen LogP) is 2.63. The molecule has 19 heavy (non-hydrogen) atoms. The highest BCUT2D eigenvalue weighted by Gasteiger charge is 2.24. The van der Waals surface area contributed by atoms with Crippen molar-refractivity contribution in [2.75, 3.05) is 11.9 Å². The molecule has 100 valence electrons. The molecule has 0 aliphatic heterocycles. The molecule has 0 saturated carbocycles. The zero-order valence-electron chi connectivity index (χ0n) is 10.6. The Labute approximate surface area is 114 Å². The minimum absolute atomic E-state index is 0.120. The van der Waals surface area contributed by atoms with Crippen molar-refractivity contribution in [2.45, 2.75) is 32.1 Å². The highest BCUT2D eigenvalue weighted by atomic mass is 32.1.